The van der Waals surface area contributed by atoms with E-state index in [1.54, 1.807) is 48.5 Å². The normalized spacial score (nSPS) is 10.2. The minimum Gasteiger partial charge on any atom is -0.497 e. The van der Waals surface area contributed by atoms with Crippen LogP contribution < -0.4 is 18.9 Å². The topological polar surface area (TPSA) is 71.1 Å². The molecule has 0 saturated heterocycles. The Morgan fingerprint density at radius 1 is 0.690 bits per heavy atom. The van der Waals surface area contributed by atoms with Crippen LogP contribution in [-0.4, -0.2) is 26.2 Å². The van der Waals surface area contributed by atoms with E-state index < -0.39 is 11.9 Å². The van der Waals surface area contributed by atoms with Crippen LogP contribution in [0.15, 0.2) is 66.7 Å². The molecule has 0 radical (unpaired) electrons. The second-order valence-electron chi connectivity index (χ2n) is 5.84. The summed E-state index contributed by atoms with van der Waals surface area (Å²) < 4.78 is 20.8. The average molecular weight is 413 g/mol. The summed E-state index contributed by atoms with van der Waals surface area (Å²) in [5, 5.41) is 0.122. The Morgan fingerprint density at radius 2 is 1.24 bits per heavy atom. The fourth-order valence-corrected chi connectivity index (χ4v) is 2.66. The van der Waals surface area contributed by atoms with Gasteiger partial charge in [0, 0.05) is 6.07 Å². The van der Waals surface area contributed by atoms with E-state index in [1.807, 2.05) is 0 Å². The number of ether oxygens (including phenoxy) is 4. The molecule has 3 aromatic carbocycles. The van der Waals surface area contributed by atoms with Crippen molar-refractivity contribution in [1.82, 2.24) is 0 Å². The van der Waals surface area contributed by atoms with Gasteiger partial charge in [-0.2, -0.15) is 0 Å². The van der Waals surface area contributed by atoms with Crippen molar-refractivity contribution in [3.05, 3.63) is 82.9 Å². The number of rotatable bonds is 6. The highest BCUT2D eigenvalue weighted by Crippen LogP contribution is 2.30. The number of hydrogen-bond donors (Lipinski definition) is 0. The van der Waals surface area contributed by atoms with Gasteiger partial charge in [0.25, 0.3) is 0 Å². The van der Waals surface area contributed by atoms with Gasteiger partial charge < -0.3 is 18.9 Å². The maximum atomic E-state index is 12.3. The molecule has 148 valence electrons. The predicted molar refractivity (Wildman–Crippen MR) is 107 cm³/mol. The average Bonchev–Trinajstić information content (AvgIpc) is 2.75. The molecule has 0 saturated carbocycles. The molecule has 3 rings (SSSR count). The first-order chi connectivity index (χ1) is 14.0. The molecule has 0 unspecified atom stereocenters. The summed E-state index contributed by atoms with van der Waals surface area (Å²) in [5.74, 6) is 0.264. The van der Waals surface area contributed by atoms with Gasteiger partial charge >= 0.3 is 11.9 Å². The molecule has 0 aliphatic heterocycles. The Morgan fingerprint density at radius 3 is 1.76 bits per heavy atom. The Bertz CT molecular complexity index is 1050. The van der Waals surface area contributed by atoms with Gasteiger partial charge in [0.1, 0.15) is 23.0 Å². The van der Waals surface area contributed by atoms with Crippen LogP contribution in [0.4, 0.5) is 0 Å². The van der Waals surface area contributed by atoms with E-state index in [2.05, 4.69) is 0 Å². The Kier molecular flexibility index (Phi) is 6.36. The van der Waals surface area contributed by atoms with Crippen molar-refractivity contribution in [1.29, 1.82) is 0 Å². The quantitative estimate of drug-likeness (QED) is 0.428. The number of methoxy groups -OCH3 is 2. The largest absolute Gasteiger partial charge is 0.497 e. The summed E-state index contributed by atoms with van der Waals surface area (Å²) >= 11 is 6.18. The van der Waals surface area contributed by atoms with Crippen LogP contribution in [-0.2, 0) is 0 Å². The van der Waals surface area contributed by atoms with Gasteiger partial charge in [-0.3, -0.25) is 0 Å². The second-order valence-corrected chi connectivity index (χ2v) is 6.24. The molecule has 0 bridgehead atoms. The molecule has 0 amide bonds. The zero-order valence-corrected chi connectivity index (χ0v) is 16.4. The molecule has 0 atom stereocenters. The van der Waals surface area contributed by atoms with Crippen molar-refractivity contribution in [3.63, 3.8) is 0 Å². The number of carbonyl (C=O) groups excluding carboxylic acids is 2. The van der Waals surface area contributed by atoms with Crippen molar-refractivity contribution < 1.29 is 28.5 Å². The zero-order valence-electron chi connectivity index (χ0n) is 15.7. The third-order valence-electron chi connectivity index (χ3n) is 3.93. The molecular weight excluding hydrogens is 396 g/mol. The van der Waals surface area contributed by atoms with Gasteiger partial charge in [0.15, 0.2) is 0 Å². The van der Waals surface area contributed by atoms with E-state index in [0.29, 0.717) is 22.6 Å². The molecule has 29 heavy (non-hydrogen) atoms. The lowest BCUT2D eigenvalue weighted by molar-refractivity contribution is 0.0719. The van der Waals surface area contributed by atoms with Crippen molar-refractivity contribution in [2.75, 3.05) is 14.2 Å². The molecule has 6 nitrogen and oxygen atoms in total. The molecule has 0 aromatic heterocycles. The molecule has 0 aliphatic rings. The van der Waals surface area contributed by atoms with Gasteiger partial charge in [-0.05, 0) is 48.5 Å². The van der Waals surface area contributed by atoms with Crippen LogP contribution in [0, 0.1) is 0 Å². The molecule has 0 fully saturated rings. The highest BCUT2D eigenvalue weighted by molar-refractivity contribution is 6.32. The number of carbonyl (C=O) groups is 2. The number of halogens is 1. The highest BCUT2D eigenvalue weighted by Gasteiger charge is 2.15. The van der Waals surface area contributed by atoms with Crippen molar-refractivity contribution in [3.8, 4) is 23.0 Å². The lowest BCUT2D eigenvalue weighted by Gasteiger charge is -2.10. The van der Waals surface area contributed by atoms with E-state index in [0.717, 1.165) is 0 Å². The van der Waals surface area contributed by atoms with Crippen LogP contribution in [0.3, 0.4) is 0 Å². The number of esters is 2. The summed E-state index contributed by atoms with van der Waals surface area (Å²) in [6.45, 7) is 0. The van der Waals surface area contributed by atoms with E-state index >= 15 is 0 Å². The molecular formula is C22H17ClO6. The highest BCUT2D eigenvalue weighted by atomic mass is 35.5. The molecule has 3 aromatic rings. The first kappa shape index (κ1) is 20.2. The molecule has 0 N–H and O–H groups in total. The fourth-order valence-electron chi connectivity index (χ4n) is 2.45. The van der Waals surface area contributed by atoms with E-state index in [1.165, 1.54) is 32.4 Å². The van der Waals surface area contributed by atoms with Crippen LogP contribution in [0.25, 0.3) is 0 Å². The van der Waals surface area contributed by atoms with Gasteiger partial charge in [-0.15, -0.1) is 0 Å². The predicted octanol–water partition coefficient (Wildman–Crippen LogP) is 4.80. The maximum Gasteiger partial charge on any atom is 0.343 e. The lowest BCUT2D eigenvalue weighted by Crippen LogP contribution is -2.10. The van der Waals surface area contributed by atoms with Crippen LogP contribution in [0.2, 0.25) is 5.02 Å². The third kappa shape index (κ3) is 5.06. The van der Waals surface area contributed by atoms with Crippen molar-refractivity contribution in [2.45, 2.75) is 0 Å². The van der Waals surface area contributed by atoms with Crippen molar-refractivity contribution in [2.24, 2.45) is 0 Å². The van der Waals surface area contributed by atoms with Gasteiger partial charge in [0.05, 0.1) is 30.4 Å². The summed E-state index contributed by atoms with van der Waals surface area (Å²) in [6.07, 6.45) is 0. The summed E-state index contributed by atoms with van der Waals surface area (Å²) in [4.78, 5) is 24.6. The minimum absolute atomic E-state index is 0.122. The standard InChI is InChI=1S/C22H17ClO6/c1-26-16-7-3-5-14(11-16)21(24)28-18-9-10-20(19(23)13-18)29-22(25)15-6-4-8-17(12-15)27-2/h3-13H,1-2H3. The van der Waals surface area contributed by atoms with E-state index in [4.69, 9.17) is 30.5 Å². The molecule has 7 heteroatoms. The SMILES string of the molecule is COc1cccc(C(=O)Oc2ccc(OC(=O)c3cccc(OC)c3)c(Cl)c2)c1. The maximum absolute atomic E-state index is 12.3. The summed E-state index contributed by atoms with van der Waals surface area (Å²) in [5.41, 5.74) is 0.642. The van der Waals surface area contributed by atoms with Crippen LogP contribution >= 0.6 is 11.6 Å². The molecule has 0 aliphatic carbocycles. The van der Waals surface area contributed by atoms with Gasteiger partial charge in [-0.25, -0.2) is 9.59 Å². The zero-order chi connectivity index (χ0) is 20.8. The third-order valence-corrected chi connectivity index (χ3v) is 4.22. The van der Waals surface area contributed by atoms with Crippen molar-refractivity contribution >= 4 is 23.5 Å². The first-order valence-corrected chi connectivity index (χ1v) is 8.90. The lowest BCUT2D eigenvalue weighted by atomic mass is 10.2. The molecule has 0 heterocycles. The number of benzene rings is 3. The Balaban J connectivity index is 1.71. The van der Waals surface area contributed by atoms with Crippen LogP contribution in [0.5, 0.6) is 23.0 Å². The smallest absolute Gasteiger partial charge is 0.343 e. The number of hydrogen-bond acceptors (Lipinski definition) is 6. The summed E-state index contributed by atoms with van der Waals surface area (Å²) in [7, 11) is 3.02. The van der Waals surface area contributed by atoms with Gasteiger partial charge in [0.2, 0.25) is 0 Å². The van der Waals surface area contributed by atoms with Crippen LogP contribution in [0.1, 0.15) is 20.7 Å². The monoisotopic (exact) mass is 412 g/mol. The fraction of sp³-hybridized carbons (Fsp3) is 0.0909. The Labute approximate surface area is 172 Å². The Hall–Kier alpha value is -3.51. The molecule has 0 spiro atoms. The second kappa shape index (κ2) is 9.12. The first-order valence-electron chi connectivity index (χ1n) is 8.52. The van der Waals surface area contributed by atoms with Gasteiger partial charge in [-0.1, -0.05) is 23.7 Å². The summed E-state index contributed by atoms with van der Waals surface area (Å²) in [6, 6.07) is 17.5. The minimum atomic E-state index is -0.591. The van der Waals surface area contributed by atoms with E-state index in [9.17, 15) is 9.59 Å². The van der Waals surface area contributed by atoms with E-state index in [-0.39, 0.29) is 16.5 Å².